The van der Waals surface area contributed by atoms with Gasteiger partial charge < -0.3 is 14.4 Å². The van der Waals surface area contributed by atoms with Gasteiger partial charge in [-0.05, 0) is 95.9 Å². The first-order valence-corrected chi connectivity index (χ1v) is 21.7. The monoisotopic (exact) mass is 680 g/mol. The number of rotatable bonds is 30. The van der Waals surface area contributed by atoms with E-state index in [-0.39, 0.29) is 5.79 Å². The third kappa shape index (κ3) is 18.2. The van der Waals surface area contributed by atoms with Gasteiger partial charge in [0.25, 0.3) is 0 Å². The van der Waals surface area contributed by atoms with Crippen LogP contribution in [0.2, 0.25) is 0 Å². The second-order valence-electron chi connectivity index (χ2n) is 16.3. The molecule has 3 aliphatic rings. The fourth-order valence-electron chi connectivity index (χ4n) is 8.66. The standard InChI is InChI=1S/C46H81NO2/c1-4-6-8-10-12-14-16-18-20-22-24-26-28-30-32-34-36-45(38-39-46(42-45)48-43-40-47(3)41-44(43)49-46)37-35-33-31-29-27-25-23-21-19-17-15-13-11-9-7-5-2/h12-15,18-21,43-44H,4-11,16-17,22-42H2,1-3H3/b14-12-,15-13-,20-18-,21-19-/t43-,44-/m1/s1. The lowest BCUT2D eigenvalue weighted by atomic mass is 9.76. The van der Waals surface area contributed by atoms with Crippen LogP contribution < -0.4 is 0 Å². The summed E-state index contributed by atoms with van der Waals surface area (Å²) in [6.45, 7) is 6.63. The Balaban J connectivity index is 1.26. The lowest BCUT2D eigenvalue weighted by Gasteiger charge is -2.32. The minimum Gasteiger partial charge on any atom is -0.343 e. The average Bonchev–Trinajstić information content (AvgIpc) is 3.73. The SMILES string of the molecule is CCCCC/C=C\C/C=C\CCCCCCCCC1(CCCCCCCC/C=C\C/C=C\CCCCC)CCC2(C1)O[C@@H]1CN(C)C[C@H]1O2. The zero-order valence-electron chi connectivity index (χ0n) is 33.0. The number of hydrogen-bond donors (Lipinski definition) is 0. The molecule has 1 aliphatic carbocycles. The summed E-state index contributed by atoms with van der Waals surface area (Å²) in [5, 5.41) is 0. The van der Waals surface area contributed by atoms with Crippen LogP contribution in [0.3, 0.4) is 0 Å². The first-order valence-electron chi connectivity index (χ1n) is 21.7. The van der Waals surface area contributed by atoms with Gasteiger partial charge in [-0.2, -0.15) is 0 Å². The predicted molar refractivity (Wildman–Crippen MR) is 214 cm³/mol. The maximum absolute atomic E-state index is 6.74. The van der Waals surface area contributed by atoms with Crippen molar-refractivity contribution in [2.45, 2.75) is 218 Å². The van der Waals surface area contributed by atoms with Crippen molar-refractivity contribution in [3.63, 3.8) is 0 Å². The molecule has 3 nitrogen and oxygen atoms in total. The fraction of sp³-hybridized carbons (Fsp3) is 0.826. The summed E-state index contributed by atoms with van der Waals surface area (Å²) >= 11 is 0. The van der Waals surface area contributed by atoms with Crippen LogP contribution >= 0.6 is 0 Å². The molecule has 2 heterocycles. The highest BCUT2D eigenvalue weighted by Gasteiger charge is 2.57. The number of likely N-dealkylation sites (N-methyl/N-ethyl adjacent to an activating group) is 1. The predicted octanol–water partition coefficient (Wildman–Crippen LogP) is 14.0. The van der Waals surface area contributed by atoms with Gasteiger partial charge in [0.1, 0.15) is 12.2 Å². The molecule has 1 spiro atoms. The normalized spacial score (nSPS) is 22.0. The molecule has 1 saturated carbocycles. The molecule has 3 rings (SSSR count). The largest absolute Gasteiger partial charge is 0.343 e. The first kappa shape index (κ1) is 42.3. The molecule has 0 aromatic carbocycles. The average molecular weight is 680 g/mol. The van der Waals surface area contributed by atoms with E-state index in [1.165, 1.54) is 161 Å². The van der Waals surface area contributed by atoms with Crippen molar-refractivity contribution >= 4 is 0 Å². The van der Waals surface area contributed by atoms with Crippen molar-refractivity contribution in [1.82, 2.24) is 4.90 Å². The van der Waals surface area contributed by atoms with E-state index < -0.39 is 0 Å². The van der Waals surface area contributed by atoms with E-state index in [0.29, 0.717) is 17.6 Å². The zero-order valence-corrected chi connectivity index (χ0v) is 33.0. The maximum Gasteiger partial charge on any atom is 0.169 e. The van der Waals surface area contributed by atoms with Crippen molar-refractivity contribution in [1.29, 1.82) is 0 Å². The Labute approximate surface area is 305 Å². The number of nitrogens with zero attached hydrogens (tertiary/aromatic N) is 1. The van der Waals surface area contributed by atoms with E-state index in [1.54, 1.807) is 0 Å². The molecule has 0 N–H and O–H groups in total. The number of fused-ring (bicyclic) bond motifs is 1. The lowest BCUT2D eigenvalue weighted by molar-refractivity contribution is -0.183. The molecule has 2 aliphatic heterocycles. The van der Waals surface area contributed by atoms with Crippen LogP contribution in [0.1, 0.15) is 200 Å². The van der Waals surface area contributed by atoms with Crippen LogP contribution in [0, 0.1) is 5.41 Å². The maximum atomic E-state index is 6.74. The molecule has 0 amide bonds. The molecule has 282 valence electrons. The van der Waals surface area contributed by atoms with E-state index in [0.717, 1.165) is 38.8 Å². The molecule has 0 bridgehead atoms. The van der Waals surface area contributed by atoms with Crippen LogP contribution in [0.25, 0.3) is 0 Å². The molecule has 2 atom stereocenters. The van der Waals surface area contributed by atoms with Gasteiger partial charge in [0.2, 0.25) is 0 Å². The van der Waals surface area contributed by atoms with E-state index in [9.17, 15) is 0 Å². The topological polar surface area (TPSA) is 21.7 Å². The Morgan fingerprint density at radius 2 is 0.878 bits per heavy atom. The molecule has 0 radical (unpaired) electrons. The Morgan fingerprint density at radius 3 is 1.31 bits per heavy atom. The van der Waals surface area contributed by atoms with Gasteiger partial charge in [-0.15, -0.1) is 0 Å². The van der Waals surface area contributed by atoms with E-state index in [2.05, 4.69) is 74.4 Å². The number of ether oxygens (including phenoxy) is 2. The number of likely N-dealkylation sites (tertiary alicyclic amines) is 1. The summed E-state index contributed by atoms with van der Waals surface area (Å²) in [7, 11) is 2.20. The third-order valence-corrected chi connectivity index (χ3v) is 11.6. The van der Waals surface area contributed by atoms with Gasteiger partial charge in [0, 0.05) is 25.9 Å². The molecule has 0 aromatic heterocycles. The number of allylic oxidation sites excluding steroid dienone is 8. The molecule has 0 aromatic rings. The quantitative estimate of drug-likeness (QED) is 0.0557. The smallest absolute Gasteiger partial charge is 0.169 e. The van der Waals surface area contributed by atoms with Crippen molar-refractivity contribution in [3.8, 4) is 0 Å². The summed E-state index contributed by atoms with van der Waals surface area (Å²) in [4.78, 5) is 2.37. The van der Waals surface area contributed by atoms with Crippen molar-refractivity contribution in [2.24, 2.45) is 5.41 Å². The Morgan fingerprint density at radius 1 is 0.490 bits per heavy atom. The minimum absolute atomic E-state index is 0.271. The van der Waals surface area contributed by atoms with Gasteiger partial charge in [-0.1, -0.05) is 152 Å². The molecule has 2 saturated heterocycles. The van der Waals surface area contributed by atoms with Crippen LogP contribution in [0.15, 0.2) is 48.6 Å². The highest BCUT2D eigenvalue weighted by Crippen LogP contribution is 2.56. The number of hydrogen-bond acceptors (Lipinski definition) is 3. The van der Waals surface area contributed by atoms with Crippen molar-refractivity contribution in [2.75, 3.05) is 20.1 Å². The second-order valence-corrected chi connectivity index (χ2v) is 16.3. The van der Waals surface area contributed by atoms with Crippen molar-refractivity contribution in [3.05, 3.63) is 48.6 Å². The minimum atomic E-state index is -0.271. The van der Waals surface area contributed by atoms with Crippen LogP contribution in [0.5, 0.6) is 0 Å². The first-order chi connectivity index (χ1) is 24.1. The molecular weight excluding hydrogens is 599 g/mol. The Kier molecular flexibility index (Phi) is 22.9. The Hall–Kier alpha value is -1.16. The summed E-state index contributed by atoms with van der Waals surface area (Å²) in [5.41, 5.74) is 0.440. The molecular formula is C46H81NO2. The Bertz CT molecular complexity index is 856. The summed E-state index contributed by atoms with van der Waals surface area (Å²) in [5.74, 6) is -0.271. The zero-order chi connectivity index (χ0) is 34.7. The van der Waals surface area contributed by atoms with Crippen LogP contribution in [-0.4, -0.2) is 43.0 Å². The van der Waals surface area contributed by atoms with Gasteiger partial charge >= 0.3 is 0 Å². The summed E-state index contributed by atoms with van der Waals surface area (Å²) in [6, 6.07) is 0. The molecule has 49 heavy (non-hydrogen) atoms. The van der Waals surface area contributed by atoms with Gasteiger partial charge in [0.05, 0.1) is 0 Å². The van der Waals surface area contributed by atoms with Crippen LogP contribution in [0.4, 0.5) is 0 Å². The summed E-state index contributed by atoms with van der Waals surface area (Å²) in [6.07, 6.45) is 57.8. The van der Waals surface area contributed by atoms with Crippen LogP contribution in [-0.2, 0) is 9.47 Å². The summed E-state index contributed by atoms with van der Waals surface area (Å²) < 4.78 is 13.5. The highest BCUT2D eigenvalue weighted by atomic mass is 16.8. The van der Waals surface area contributed by atoms with Crippen molar-refractivity contribution < 1.29 is 9.47 Å². The number of unbranched alkanes of at least 4 members (excludes halogenated alkanes) is 18. The molecule has 3 fully saturated rings. The van der Waals surface area contributed by atoms with E-state index in [4.69, 9.17) is 9.47 Å². The lowest BCUT2D eigenvalue weighted by Crippen LogP contribution is -2.33. The van der Waals surface area contributed by atoms with E-state index in [1.807, 2.05) is 0 Å². The third-order valence-electron chi connectivity index (χ3n) is 11.6. The van der Waals surface area contributed by atoms with Gasteiger partial charge in [-0.3, -0.25) is 0 Å². The van der Waals surface area contributed by atoms with E-state index >= 15 is 0 Å². The molecule has 3 heteroatoms. The molecule has 0 unspecified atom stereocenters. The highest BCUT2D eigenvalue weighted by molar-refractivity contribution is 5.02. The second kappa shape index (κ2) is 26.6. The van der Waals surface area contributed by atoms with Gasteiger partial charge in [0.15, 0.2) is 5.79 Å². The fourth-order valence-corrected chi connectivity index (χ4v) is 8.66. The van der Waals surface area contributed by atoms with Gasteiger partial charge in [-0.25, -0.2) is 0 Å².